The molecule has 5 nitrogen and oxygen atoms in total. The van der Waals surface area contributed by atoms with Gasteiger partial charge in [0, 0.05) is 11.6 Å². The zero-order valence-electron chi connectivity index (χ0n) is 16.0. The van der Waals surface area contributed by atoms with Crippen LogP contribution in [0.1, 0.15) is 15.9 Å². The molecule has 0 bridgehead atoms. The van der Waals surface area contributed by atoms with Gasteiger partial charge in [0.25, 0.3) is 5.91 Å². The summed E-state index contributed by atoms with van der Waals surface area (Å²) in [6, 6.07) is 8.18. The fourth-order valence-corrected chi connectivity index (χ4v) is 2.53. The molecule has 2 aromatic carbocycles. The van der Waals surface area contributed by atoms with E-state index in [1.54, 1.807) is 6.92 Å². The van der Waals surface area contributed by atoms with Gasteiger partial charge in [0.1, 0.15) is 11.5 Å². The summed E-state index contributed by atoms with van der Waals surface area (Å²) in [6.45, 7) is 1.65. The van der Waals surface area contributed by atoms with E-state index in [0.29, 0.717) is 5.56 Å². The lowest BCUT2D eigenvalue weighted by molar-refractivity contribution is -0.294. The SMILES string of the molecule is COc1ccc(NC(NC(=O)c2ccc(C)cc2)(C(F)(F)F)C(F)(F)F)c(OC)c1. The molecule has 0 saturated heterocycles. The van der Waals surface area contributed by atoms with Gasteiger partial charge in [0.2, 0.25) is 0 Å². The third kappa shape index (κ3) is 4.55. The number of halogens is 6. The smallest absolute Gasteiger partial charge is 0.439 e. The Balaban J connectivity index is 2.57. The lowest BCUT2D eigenvalue weighted by Gasteiger charge is -2.39. The summed E-state index contributed by atoms with van der Waals surface area (Å²) in [7, 11) is 2.33. The van der Waals surface area contributed by atoms with Crippen molar-refractivity contribution in [1.82, 2.24) is 5.32 Å². The Morgan fingerprint density at radius 2 is 1.43 bits per heavy atom. The number of carbonyl (C=O) groups excluding carboxylic acids is 1. The van der Waals surface area contributed by atoms with Gasteiger partial charge in [-0.1, -0.05) is 17.7 Å². The number of carbonyl (C=O) groups is 1. The number of hydrogen-bond donors (Lipinski definition) is 2. The fourth-order valence-electron chi connectivity index (χ4n) is 2.53. The van der Waals surface area contributed by atoms with Gasteiger partial charge < -0.3 is 20.1 Å². The highest BCUT2D eigenvalue weighted by Gasteiger charge is 2.72. The van der Waals surface area contributed by atoms with Crippen molar-refractivity contribution in [3.8, 4) is 11.5 Å². The second-order valence-electron chi connectivity index (χ2n) is 6.26. The molecule has 0 heterocycles. The first-order valence-electron chi connectivity index (χ1n) is 8.37. The van der Waals surface area contributed by atoms with Crippen molar-refractivity contribution in [2.24, 2.45) is 0 Å². The Labute approximate surface area is 168 Å². The minimum atomic E-state index is -5.96. The molecular weight excluding hydrogens is 418 g/mol. The van der Waals surface area contributed by atoms with Crippen molar-refractivity contribution < 1.29 is 40.6 Å². The van der Waals surface area contributed by atoms with E-state index in [2.05, 4.69) is 0 Å². The summed E-state index contributed by atoms with van der Waals surface area (Å²) in [4.78, 5) is 12.3. The molecule has 2 rings (SSSR count). The van der Waals surface area contributed by atoms with E-state index in [-0.39, 0.29) is 17.1 Å². The number of nitrogens with one attached hydrogen (secondary N) is 2. The molecule has 2 aromatic rings. The van der Waals surface area contributed by atoms with E-state index in [9.17, 15) is 31.1 Å². The van der Waals surface area contributed by atoms with E-state index < -0.39 is 29.6 Å². The number of ether oxygens (including phenoxy) is 2. The largest absolute Gasteiger partial charge is 0.497 e. The quantitative estimate of drug-likeness (QED) is 0.510. The number of anilines is 1. The molecule has 0 radical (unpaired) electrons. The number of alkyl halides is 6. The number of amides is 1. The molecule has 0 spiro atoms. The molecular formula is C19H18F6N2O3. The molecule has 0 unspecified atom stereocenters. The molecule has 0 atom stereocenters. The van der Waals surface area contributed by atoms with Crippen LogP contribution < -0.4 is 20.1 Å². The van der Waals surface area contributed by atoms with Crippen LogP contribution in [0.3, 0.4) is 0 Å². The molecule has 30 heavy (non-hydrogen) atoms. The lowest BCUT2D eigenvalue weighted by atomic mass is 10.1. The Bertz CT molecular complexity index is 881. The lowest BCUT2D eigenvalue weighted by Crippen LogP contribution is -2.72. The maximum absolute atomic E-state index is 13.8. The third-order valence-corrected chi connectivity index (χ3v) is 4.20. The molecule has 2 N–H and O–H groups in total. The maximum Gasteiger partial charge on any atom is 0.439 e. The first kappa shape index (κ1) is 23.2. The van der Waals surface area contributed by atoms with Gasteiger partial charge in [-0.05, 0) is 31.2 Å². The Hall–Kier alpha value is -3.11. The van der Waals surface area contributed by atoms with Gasteiger partial charge in [-0.15, -0.1) is 0 Å². The standard InChI is InChI=1S/C19H18F6N2O3/c1-11-4-6-12(7-5-11)16(28)27-17(18(20,21)22,19(23,24)25)26-14-9-8-13(29-2)10-15(14)30-3/h4-10,26H,1-3H3,(H,27,28). The van der Waals surface area contributed by atoms with Gasteiger partial charge in [-0.3, -0.25) is 4.79 Å². The summed E-state index contributed by atoms with van der Waals surface area (Å²) in [5.41, 5.74) is -5.14. The van der Waals surface area contributed by atoms with Crippen molar-refractivity contribution in [1.29, 1.82) is 0 Å². The highest BCUT2D eigenvalue weighted by Crippen LogP contribution is 2.45. The van der Waals surface area contributed by atoms with Crippen molar-refractivity contribution in [2.75, 3.05) is 19.5 Å². The van der Waals surface area contributed by atoms with Crippen LogP contribution in [0.15, 0.2) is 42.5 Å². The zero-order chi connectivity index (χ0) is 22.7. The van der Waals surface area contributed by atoms with Gasteiger partial charge in [0.15, 0.2) is 0 Å². The first-order chi connectivity index (χ1) is 13.8. The Morgan fingerprint density at radius 1 is 0.867 bits per heavy atom. The minimum Gasteiger partial charge on any atom is -0.497 e. The second kappa shape index (κ2) is 8.33. The molecule has 164 valence electrons. The first-order valence-corrected chi connectivity index (χ1v) is 8.37. The van der Waals surface area contributed by atoms with Crippen LogP contribution >= 0.6 is 0 Å². The van der Waals surface area contributed by atoms with Crippen LogP contribution in [0.5, 0.6) is 11.5 Å². The number of rotatable bonds is 6. The molecule has 11 heteroatoms. The Kier molecular flexibility index (Phi) is 6.43. The molecule has 0 aromatic heterocycles. The number of hydrogen-bond acceptors (Lipinski definition) is 4. The second-order valence-corrected chi connectivity index (χ2v) is 6.26. The normalized spacial score (nSPS) is 12.3. The van der Waals surface area contributed by atoms with E-state index in [0.717, 1.165) is 42.8 Å². The molecule has 0 aliphatic rings. The zero-order valence-corrected chi connectivity index (χ0v) is 16.0. The molecule has 0 fully saturated rings. The predicted octanol–water partition coefficient (Wildman–Crippen LogP) is 4.68. The van der Waals surface area contributed by atoms with Crippen LogP contribution in [-0.4, -0.2) is 38.1 Å². The molecule has 0 aliphatic heterocycles. The van der Waals surface area contributed by atoms with Crippen molar-refractivity contribution in [3.05, 3.63) is 53.6 Å². The van der Waals surface area contributed by atoms with E-state index in [1.165, 1.54) is 24.6 Å². The number of methoxy groups -OCH3 is 2. The number of aryl methyl sites for hydroxylation is 1. The number of benzene rings is 2. The van der Waals surface area contributed by atoms with E-state index in [1.807, 2.05) is 0 Å². The summed E-state index contributed by atoms with van der Waals surface area (Å²) in [5.74, 6) is -1.77. The van der Waals surface area contributed by atoms with Crippen LogP contribution in [0, 0.1) is 6.92 Å². The average Bonchev–Trinajstić information content (AvgIpc) is 2.66. The van der Waals surface area contributed by atoms with Gasteiger partial charge >= 0.3 is 18.0 Å². The highest BCUT2D eigenvalue weighted by atomic mass is 19.4. The van der Waals surface area contributed by atoms with Gasteiger partial charge in [-0.25, -0.2) is 0 Å². The van der Waals surface area contributed by atoms with Crippen LogP contribution in [0.2, 0.25) is 0 Å². The summed E-state index contributed by atoms with van der Waals surface area (Å²) < 4.78 is 92.7. The fraction of sp³-hybridized carbons (Fsp3) is 0.316. The van der Waals surface area contributed by atoms with E-state index >= 15 is 0 Å². The minimum absolute atomic E-state index is 0.144. The molecule has 0 saturated carbocycles. The average molecular weight is 436 g/mol. The molecule has 1 amide bonds. The van der Waals surface area contributed by atoms with Gasteiger partial charge in [-0.2, -0.15) is 26.3 Å². The van der Waals surface area contributed by atoms with Crippen LogP contribution in [-0.2, 0) is 0 Å². The summed E-state index contributed by atoms with van der Waals surface area (Å²) >= 11 is 0. The third-order valence-electron chi connectivity index (χ3n) is 4.20. The monoisotopic (exact) mass is 436 g/mol. The van der Waals surface area contributed by atoms with E-state index in [4.69, 9.17) is 9.47 Å². The highest BCUT2D eigenvalue weighted by molar-refractivity contribution is 5.95. The molecule has 0 aliphatic carbocycles. The van der Waals surface area contributed by atoms with Crippen LogP contribution in [0.4, 0.5) is 32.0 Å². The van der Waals surface area contributed by atoms with Crippen LogP contribution in [0.25, 0.3) is 0 Å². The maximum atomic E-state index is 13.8. The Morgan fingerprint density at radius 3 is 1.90 bits per heavy atom. The predicted molar refractivity (Wildman–Crippen MR) is 96.7 cm³/mol. The van der Waals surface area contributed by atoms with Gasteiger partial charge in [0.05, 0.1) is 19.9 Å². The van der Waals surface area contributed by atoms with Crippen molar-refractivity contribution >= 4 is 11.6 Å². The summed E-state index contributed by atoms with van der Waals surface area (Å²) in [5, 5.41) is 2.48. The van der Waals surface area contributed by atoms with Crippen molar-refractivity contribution in [2.45, 2.75) is 24.9 Å². The summed E-state index contributed by atoms with van der Waals surface area (Å²) in [6.07, 6.45) is -11.9. The topological polar surface area (TPSA) is 59.6 Å². The van der Waals surface area contributed by atoms with Crippen molar-refractivity contribution in [3.63, 3.8) is 0 Å².